The van der Waals surface area contributed by atoms with E-state index in [1.165, 1.54) is 17.3 Å². The second-order valence-electron chi connectivity index (χ2n) is 6.59. The van der Waals surface area contributed by atoms with Gasteiger partial charge in [-0.15, -0.1) is 0 Å². The first kappa shape index (κ1) is 17.7. The number of benzene rings is 1. The quantitative estimate of drug-likeness (QED) is 0.854. The third-order valence-electron chi connectivity index (χ3n) is 4.82. The molecule has 0 saturated carbocycles. The van der Waals surface area contributed by atoms with Crippen LogP contribution >= 0.6 is 11.8 Å². The molecule has 2 amide bonds. The number of aromatic nitrogens is 1. The lowest BCUT2D eigenvalue weighted by atomic mass is 9.96. The largest absolute Gasteiger partial charge is 0.369 e. The van der Waals surface area contributed by atoms with E-state index in [0.29, 0.717) is 31.7 Å². The van der Waals surface area contributed by atoms with Gasteiger partial charge < -0.3 is 10.6 Å². The smallest absolute Gasteiger partial charge is 0.232 e. The van der Waals surface area contributed by atoms with E-state index in [-0.39, 0.29) is 17.7 Å². The van der Waals surface area contributed by atoms with Crippen molar-refractivity contribution in [3.63, 3.8) is 0 Å². The fourth-order valence-corrected chi connectivity index (χ4v) is 4.12. The van der Waals surface area contributed by atoms with Crippen LogP contribution in [0.25, 0.3) is 10.9 Å². The standard InChI is InChI=1S/C19H23N3O2S/c1-12-4-3-5-15-13(2)10-16(21-18(12)15)25-11-17(23)22-8-6-14(7-9-22)19(20)24/h3-5,10,14H,6-9,11H2,1-2H3,(H2,20,24). The Kier molecular flexibility index (Phi) is 5.27. The Hall–Kier alpha value is -2.08. The van der Waals surface area contributed by atoms with Gasteiger partial charge in [0.25, 0.3) is 0 Å². The number of amides is 2. The molecule has 0 aliphatic carbocycles. The fourth-order valence-electron chi connectivity index (χ4n) is 3.25. The Labute approximate surface area is 152 Å². The summed E-state index contributed by atoms with van der Waals surface area (Å²) < 4.78 is 0. The highest BCUT2D eigenvalue weighted by molar-refractivity contribution is 7.99. The van der Waals surface area contributed by atoms with E-state index in [1.807, 2.05) is 17.0 Å². The molecule has 0 unspecified atom stereocenters. The van der Waals surface area contributed by atoms with Gasteiger partial charge in [-0.3, -0.25) is 9.59 Å². The molecule has 5 nitrogen and oxygen atoms in total. The summed E-state index contributed by atoms with van der Waals surface area (Å²) in [6.45, 7) is 5.34. The summed E-state index contributed by atoms with van der Waals surface area (Å²) in [5, 5.41) is 2.03. The van der Waals surface area contributed by atoms with Crippen LogP contribution in [0.15, 0.2) is 29.3 Å². The Balaban J connectivity index is 1.64. The number of primary amides is 1. The van der Waals surface area contributed by atoms with Crippen molar-refractivity contribution in [1.82, 2.24) is 9.88 Å². The van der Waals surface area contributed by atoms with Crippen LogP contribution in [0.4, 0.5) is 0 Å². The lowest BCUT2D eigenvalue weighted by Crippen LogP contribution is -2.42. The van der Waals surface area contributed by atoms with Gasteiger partial charge in [0, 0.05) is 24.4 Å². The van der Waals surface area contributed by atoms with E-state index in [4.69, 9.17) is 10.7 Å². The van der Waals surface area contributed by atoms with Crippen molar-refractivity contribution in [3.8, 4) is 0 Å². The van der Waals surface area contributed by atoms with Gasteiger partial charge in [0.05, 0.1) is 16.3 Å². The van der Waals surface area contributed by atoms with Crippen molar-refractivity contribution in [2.75, 3.05) is 18.8 Å². The molecule has 2 N–H and O–H groups in total. The van der Waals surface area contributed by atoms with Gasteiger partial charge in [-0.1, -0.05) is 30.0 Å². The molecule has 6 heteroatoms. The monoisotopic (exact) mass is 357 g/mol. The van der Waals surface area contributed by atoms with Crippen molar-refractivity contribution >= 4 is 34.5 Å². The number of pyridine rings is 1. The number of rotatable bonds is 4. The van der Waals surface area contributed by atoms with Gasteiger partial charge in [-0.05, 0) is 43.9 Å². The molecule has 2 heterocycles. The zero-order valence-electron chi connectivity index (χ0n) is 14.6. The van der Waals surface area contributed by atoms with Crippen LogP contribution in [0.5, 0.6) is 0 Å². The maximum absolute atomic E-state index is 12.4. The van der Waals surface area contributed by atoms with Crippen molar-refractivity contribution in [2.45, 2.75) is 31.7 Å². The molecule has 132 valence electrons. The third-order valence-corrected chi connectivity index (χ3v) is 5.71. The lowest BCUT2D eigenvalue weighted by molar-refractivity contribution is -0.132. The number of carbonyl (C=O) groups is 2. The van der Waals surface area contributed by atoms with Gasteiger partial charge in [-0.2, -0.15) is 0 Å². The first-order chi connectivity index (χ1) is 12.0. The van der Waals surface area contributed by atoms with Crippen LogP contribution < -0.4 is 5.73 Å². The summed E-state index contributed by atoms with van der Waals surface area (Å²) in [5.41, 5.74) is 8.65. The summed E-state index contributed by atoms with van der Waals surface area (Å²) >= 11 is 1.47. The number of para-hydroxylation sites is 1. The normalized spacial score (nSPS) is 15.5. The molecule has 1 aromatic carbocycles. The van der Waals surface area contributed by atoms with Gasteiger partial charge in [0.15, 0.2) is 0 Å². The van der Waals surface area contributed by atoms with E-state index >= 15 is 0 Å². The molecule has 25 heavy (non-hydrogen) atoms. The molecular formula is C19H23N3O2S. The highest BCUT2D eigenvalue weighted by Crippen LogP contribution is 2.26. The second kappa shape index (κ2) is 7.44. The maximum atomic E-state index is 12.4. The summed E-state index contributed by atoms with van der Waals surface area (Å²) in [6.07, 6.45) is 1.33. The van der Waals surface area contributed by atoms with Gasteiger partial charge in [-0.25, -0.2) is 4.98 Å². The maximum Gasteiger partial charge on any atom is 0.232 e. The third kappa shape index (κ3) is 3.95. The van der Waals surface area contributed by atoms with E-state index in [2.05, 4.69) is 26.0 Å². The second-order valence-corrected chi connectivity index (χ2v) is 7.59. The van der Waals surface area contributed by atoms with E-state index in [1.54, 1.807) is 0 Å². The number of aryl methyl sites for hydroxylation is 2. The van der Waals surface area contributed by atoms with Crippen LogP contribution in [-0.4, -0.2) is 40.5 Å². The van der Waals surface area contributed by atoms with Gasteiger partial charge in [0.2, 0.25) is 11.8 Å². The average Bonchev–Trinajstić information content (AvgIpc) is 2.60. The number of fused-ring (bicyclic) bond motifs is 1. The van der Waals surface area contributed by atoms with Crippen LogP contribution in [-0.2, 0) is 9.59 Å². The minimum absolute atomic E-state index is 0.0931. The van der Waals surface area contributed by atoms with E-state index in [9.17, 15) is 9.59 Å². The molecule has 1 aliphatic rings. The van der Waals surface area contributed by atoms with Crippen LogP contribution in [0.2, 0.25) is 0 Å². The predicted octanol–water partition coefficient (Wildman–Crippen LogP) is 2.67. The van der Waals surface area contributed by atoms with E-state index < -0.39 is 0 Å². The summed E-state index contributed by atoms with van der Waals surface area (Å²) in [6, 6.07) is 8.21. The van der Waals surface area contributed by atoms with Crippen LogP contribution in [0.1, 0.15) is 24.0 Å². The molecule has 0 radical (unpaired) electrons. The molecule has 1 saturated heterocycles. The first-order valence-corrected chi connectivity index (χ1v) is 9.51. The molecule has 1 aromatic heterocycles. The Morgan fingerprint density at radius 1 is 1.24 bits per heavy atom. The van der Waals surface area contributed by atoms with Crippen molar-refractivity contribution in [2.24, 2.45) is 11.7 Å². The van der Waals surface area contributed by atoms with Crippen molar-refractivity contribution in [1.29, 1.82) is 0 Å². The molecule has 0 spiro atoms. The number of hydrogen-bond donors (Lipinski definition) is 1. The Morgan fingerprint density at radius 2 is 1.96 bits per heavy atom. The van der Waals surface area contributed by atoms with E-state index in [0.717, 1.165) is 21.5 Å². The Bertz CT molecular complexity index is 814. The lowest BCUT2D eigenvalue weighted by Gasteiger charge is -2.30. The molecular weight excluding hydrogens is 334 g/mol. The zero-order valence-corrected chi connectivity index (χ0v) is 15.4. The molecule has 2 aromatic rings. The number of likely N-dealkylation sites (tertiary alicyclic amines) is 1. The van der Waals surface area contributed by atoms with Crippen molar-refractivity contribution in [3.05, 3.63) is 35.4 Å². The van der Waals surface area contributed by atoms with Crippen molar-refractivity contribution < 1.29 is 9.59 Å². The molecule has 1 aliphatic heterocycles. The number of thioether (sulfide) groups is 1. The first-order valence-electron chi connectivity index (χ1n) is 8.52. The summed E-state index contributed by atoms with van der Waals surface area (Å²) in [4.78, 5) is 30.2. The topological polar surface area (TPSA) is 76.3 Å². The molecule has 0 bridgehead atoms. The molecule has 0 atom stereocenters. The minimum atomic E-state index is -0.257. The fraction of sp³-hybridized carbons (Fsp3) is 0.421. The number of hydrogen-bond acceptors (Lipinski definition) is 4. The summed E-state index contributed by atoms with van der Waals surface area (Å²) in [5.74, 6) is 0.111. The Morgan fingerprint density at radius 3 is 2.64 bits per heavy atom. The average molecular weight is 357 g/mol. The van der Waals surface area contributed by atoms with Gasteiger partial charge >= 0.3 is 0 Å². The number of nitrogens with two attached hydrogens (primary N) is 1. The predicted molar refractivity (Wildman–Crippen MR) is 100 cm³/mol. The number of nitrogens with zero attached hydrogens (tertiary/aromatic N) is 2. The molecule has 3 rings (SSSR count). The molecule has 1 fully saturated rings. The number of carbonyl (C=O) groups excluding carboxylic acids is 2. The van der Waals surface area contributed by atoms with Crippen LogP contribution in [0, 0.1) is 19.8 Å². The highest BCUT2D eigenvalue weighted by Gasteiger charge is 2.25. The number of piperidine rings is 1. The SMILES string of the molecule is Cc1cc(SCC(=O)N2CCC(C(N)=O)CC2)nc2c(C)cccc12. The van der Waals surface area contributed by atoms with Crippen LogP contribution in [0.3, 0.4) is 0 Å². The minimum Gasteiger partial charge on any atom is -0.369 e. The zero-order chi connectivity index (χ0) is 18.0. The van der Waals surface area contributed by atoms with Gasteiger partial charge in [0.1, 0.15) is 0 Å². The highest BCUT2D eigenvalue weighted by atomic mass is 32.2. The summed E-state index contributed by atoms with van der Waals surface area (Å²) in [7, 11) is 0.